The average molecular weight is 206 g/mol. The molecular formula is C10H10N2O3. The number of nitrogens with one attached hydrogen (secondary N) is 2. The van der Waals surface area contributed by atoms with Gasteiger partial charge in [0.25, 0.3) is 5.91 Å². The molecule has 0 aliphatic carbocycles. The van der Waals surface area contributed by atoms with E-state index < -0.39 is 5.91 Å². The number of hydrogen-bond acceptors (Lipinski definition) is 3. The zero-order valence-corrected chi connectivity index (χ0v) is 8.11. The van der Waals surface area contributed by atoms with Gasteiger partial charge in [-0.25, -0.2) is 0 Å². The van der Waals surface area contributed by atoms with E-state index in [1.165, 1.54) is 6.92 Å². The second-order valence-electron chi connectivity index (χ2n) is 2.83. The minimum absolute atomic E-state index is 0.171. The van der Waals surface area contributed by atoms with Gasteiger partial charge in [0.2, 0.25) is 12.2 Å². The Kier molecular flexibility index (Phi) is 3.56. The molecule has 0 fully saturated rings. The van der Waals surface area contributed by atoms with Crippen LogP contribution in [-0.4, -0.2) is 18.1 Å². The summed E-state index contributed by atoms with van der Waals surface area (Å²) in [6, 6.07) is 6.61. The minimum atomic E-state index is -0.757. The van der Waals surface area contributed by atoms with Gasteiger partial charge in [0.1, 0.15) is 0 Å². The van der Waals surface area contributed by atoms with Crippen LogP contribution in [-0.2, 0) is 14.4 Å². The first-order chi connectivity index (χ1) is 7.13. The lowest BCUT2D eigenvalue weighted by Crippen LogP contribution is -2.15. The van der Waals surface area contributed by atoms with E-state index in [1.807, 2.05) is 0 Å². The minimum Gasteiger partial charge on any atom is -0.325 e. The Morgan fingerprint density at radius 3 is 2.13 bits per heavy atom. The molecule has 0 heterocycles. The summed E-state index contributed by atoms with van der Waals surface area (Å²) < 4.78 is 0. The molecule has 0 aromatic heterocycles. The van der Waals surface area contributed by atoms with Gasteiger partial charge in [-0.05, 0) is 12.1 Å². The van der Waals surface area contributed by atoms with E-state index in [-0.39, 0.29) is 12.2 Å². The van der Waals surface area contributed by atoms with Crippen molar-refractivity contribution in [3.63, 3.8) is 0 Å². The molecule has 2 N–H and O–H groups in total. The van der Waals surface area contributed by atoms with Gasteiger partial charge in [0.05, 0.1) is 11.4 Å². The smallest absolute Gasteiger partial charge is 0.288 e. The maximum Gasteiger partial charge on any atom is 0.288 e. The van der Waals surface area contributed by atoms with Crippen LogP contribution in [0.3, 0.4) is 0 Å². The second kappa shape index (κ2) is 4.90. The van der Waals surface area contributed by atoms with Crippen LogP contribution in [0.4, 0.5) is 11.4 Å². The lowest BCUT2D eigenvalue weighted by atomic mass is 10.2. The van der Waals surface area contributed by atoms with Gasteiger partial charge in [-0.15, -0.1) is 0 Å². The number of aldehydes is 1. The molecule has 1 rings (SSSR count). The van der Waals surface area contributed by atoms with Gasteiger partial charge in [0, 0.05) is 6.92 Å². The van der Waals surface area contributed by atoms with Gasteiger partial charge in [-0.3, -0.25) is 14.4 Å². The van der Waals surface area contributed by atoms with E-state index in [1.54, 1.807) is 24.3 Å². The Morgan fingerprint density at radius 1 is 1.13 bits per heavy atom. The number of carbonyl (C=O) groups is 3. The molecule has 5 nitrogen and oxygen atoms in total. The normalized spacial score (nSPS) is 9.13. The van der Waals surface area contributed by atoms with E-state index >= 15 is 0 Å². The quantitative estimate of drug-likeness (QED) is 0.567. The predicted molar refractivity (Wildman–Crippen MR) is 55.4 cm³/mol. The Balaban J connectivity index is 2.90. The second-order valence-corrected chi connectivity index (χ2v) is 2.83. The van der Waals surface area contributed by atoms with Crippen molar-refractivity contribution in [3.05, 3.63) is 24.3 Å². The average Bonchev–Trinajstić information content (AvgIpc) is 2.20. The molecule has 0 spiro atoms. The number of hydrogen-bond donors (Lipinski definition) is 2. The van der Waals surface area contributed by atoms with Gasteiger partial charge in [-0.1, -0.05) is 12.1 Å². The highest BCUT2D eigenvalue weighted by Gasteiger charge is 2.05. The molecule has 0 radical (unpaired) electrons. The fraction of sp³-hybridized carbons (Fsp3) is 0.100. The van der Waals surface area contributed by atoms with E-state index in [4.69, 9.17) is 0 Å². The van der Waals surface area contributed by atoms with Gasteiger partial charge in [0.15, 0.2) is 0 Å². The van der Waals surface area contributed by atoms with Crippen LogP contribution in [0.25, 0.3) is 0 Å². The first kappa shape index (κ1) is 10.9. The van der Waals surface area contributed by atoms with E-state index in [9.17, 15) is 14.4 Å². The number of anilines is 2. The topological polar surface area (TPSA) is 75.3 Å². The number of para-hydroxylation sites is 2. The van der Waals surface area contributed by atoms with Crippen molar-refractivity contribution < 1.29 is 14.4 Å². The third kappa shape index (κ3) is 3.22. The zero-order valence-electron chi connectivity index (χ0n) is 8.11. The third-order valence-electron chi connectivity index (χ3n) is 1.60. The molecular weight excluding hydrogens is 196 g/mol. The first-order valence-corrected chi connectivity index (χ1v) is 4.26. The molecule has 0 aliphatic rings. The summed E-state index contributed by atoms with van der Waals surface area (Å²) in [6.45, 7) is 1.36. The Labute approximate surface area is 86.5 Å². The largest absolute Gasteiger partial charge is 0.325 e. The van der Waals surface area contributed by atoms with Crippen LogP contribution in [0.2, 0.25) is 0 Å². The maximum absolute atomic E-state index is 10.8. The van der Waals surface area contributed by atoms with Gasteiger partial charge < -0.3 is 10.6 Å². The van der Waals surface area contributed by atoms with Crippen LogP contribution in [0.5, 0.6) is 0 Å². The number of carbonyl (C=O) groups excluding carboxylic acids is 3. The summed E-state index contributed by atoms with van der Waals surface area (Å²) in [7, 11) is 0. The monoisotopic (exact) mass is 206 g/mol. The van der Waals surface area contributed by atoms with Crippen LogP contribution in [0.15, 0.2) is 24.3 Å². The lowest BCUT2D eigenvalue weighted by Gasteiger charge is -2.08. The van der Waals surface area contributed by atoms with Crippen molar-refractivity contribution in [1.29, 1.82) is 0 Å². The van der Waals surface area contributed by atoms with Crippen molar-refractivity contribution in [1.82, 2.24) is 0 Å². The highest BCUT2D eigenvalue weighted by atomic mass is 16.2. The number of benzene rings is 1. The van der Waals surface area contributed by atoms with Crippen LogP contribution < -0.4 is 10.6 Å². The fourth-order valence-electron chi connectivity index (χ4n) is 1.05. The van der Waals surface area contributed by atoms with Crippen molar-refractivity contribution in [2.24, 2.45) is 0 Å². The van der Waals surface area contributed by atoms with Crippen LogP contribution in [0.1, 0.15) is 6.92 Å². The summed E-state index contributed by atoms with van der Waals surface area (Å²) in [5.74, 6) is -1.00. The molecule has 0 saturated carbocycles. The molecule has 1 aromatic rings. The highest BCUT2D eigenvalue weighted by molar-refractivity contribution is 6.30. The van der Waals surface area contributed by atoms with Crippen molar-refractivity contribution >= 4 is 29.5 Å². The van der Waals surface area contributed by atoms with E-state index in [0.717, 1.165) is 0 Å². The van der Waals surface area contributed by atoms with Gasteiger partial charge >= 0.3 is 0 Å². The number of rotatable bonds is 3. The van der Waals surface area contributed by atoms with Crippen LogP contribution in [0, 0.1) is 0 Å². The predicted octanol–water partition coefficient (Wildman–Crippen LogP) is 0.782. The zero-order chi connectivity index (χ0) is 11.3. The molecule has 0 atom stereocenters. The van der Waals surface area contributed by atoms with Crippen molar-refractivity contribution in [2.75, 3.05) is 10.6 Å². The summed E-state index contributed by atoms with van der Waals surface area (Å²) in [5.41, 5.74) is 0.852. The highest BCUT2D eigenvalue weighted by Crippen LogP contribution is 2.20. The fourth-order valence-corrected chi connectivity index (χ4v) is 1.05. The van der Waals surface area contributed by atoms with E-state index in [2.05, 4.69) is 10.6 Å². The van der Waals surface area contributed by atoms with Crippen molar-refractivity contribution in [2.45, 2.75) is 6.92 Å². The van der Waals surface area contributed by atoms with Gasteiger partial charge in [-0.2, -0.15) is 0 Å². The number of amides is 2. The third-order valence-corrected chi connectivity index (χ3v) is 1.60. The molecule has 1 aromatic carbocycles. The molecule has 0 bridgehead atoms. The SMILES string of the molecule is CC(=O)Nc1ccccc1NC(=O)C=O. The van der Waals surface area contributed by atoms with Crippen molar-refractivity contribution in [3.8, 4) is 0 Å². The molecule has 2 amide bonds. The molecule has 78 valence electrons. The maximum atomic E-state index is 10.8. The molecule has 0 saturated heterocycles. The summed E-state index contributed by atoms with van der Waals surface area (Å²) in [4.78, 5) is 31.8. The standard InChI is InChI=1S/C10H10N2O3/c1-7(14)11-8-4-2-3-5-9(8)12-10(15)6-13/h2-6H,1H3,(H,11,14)(H,12,15). The summed E-state index contributed by atoms with van der Waals surface area (Å²) in [6.07, 6.45) is 0.171. The van der Waals surface area contributed by atoms with E-state index in [0.29, 0.717) is 11.4 Å². The Hall–Kier alpha value is -2.17. The molecule has 0 unspecified atom stereocenters. The molecule has 5 heteroatoms. The molecule has 0 aliphatic heterocycles. The Bertz CT molecular complexity index is 401. The van der Waals surface area contributed by atoms with Crippen LogP contribution >= 0.6 is 0 Å². The lowest BCUT2D eigenvalue weighted by molar-refractivity contribution is -0.127. The molecule has 15 heavy (non-hydrogen) atoms. The summed E-state index contributed by atoms with van der Waals surface area (Å²) in [5, 5.41) is 4.88. The Morgan fingerprint density at radius 2 is 1.67 bits per heavy atom. The summed E-state index contributed by atoms with van der Waals surface area (Å²) >= 11 is 0. The first-order valence-electron chi connectivity index (χ1n) is 4.26.